The number of nitrogens with two attached hydrogens (primary N) is 1. The Morgan fingerprint density at radius 1 is 1.29 bits per heavy atom. The fourth-order valence-electron chi connectivity index (χ4n) is 2.89. The quantitative estimate of drug-likeness (QED) is 0.924. The maximum Gasteiger partial charge on any atom is 0.416 e. The Kier molecular flexibility index (Phi) is 5.22. The maximum absolute atomic E-state index is 12.9. The van der Waals surface area contributed by atoms with E-state index in [1.807, 2.05) is 11.8 Å². The highest BCUT2D eigenvalue weighted by Crippen LogP contribution is 2.34. The van der Waals surface area contributed by atoms with E-state index in [9.17, 15) is 13.2 Å². The molecule has 118 valence electrons. The third kappa shape index (κ3) is 4.14. The van der Waals surface area contributed by atoms with E-state index in [2.05, 4.69) is 18.7 Å². The van der Waals surface area contributed by atoms with Crippen LogP contribution in [0, 0.1) is 0 Å². The number of halogens is 3. The van der Waals surface area contributed by atoms with Gasteiger partial charge < -0.3 is 5.73 Å². The van der Waals surface area contributed by atoms with Gasteiger partial charge >= 0.3 is 6.18 Å². The van der Waals surface area contributed by atoms with E-state index in [0.717, 1.165) is 19.2 Å². The van der Waals surface area contributed by atoms with E-state index in [1.165, 1.54) is 12.1 Å². The van der Waals surface area contributed by atoms with E-state index in [0.29, 0.717) is 22.6 Å². The van der Waals surface area contributed by atoms with Crippen molar-refractivity contribution in [1.29, 1.82) is 0 Å². The second-order valence-corrected chi connectivity index (χ2v) is 7.47. The van der Waals surface area contributed by atoms with Crippen molar-refractivity contribution in [1.82, 2.24) is 4.90 Å². The summed E-state index contributed by atoms with van der Waals surface area (Å²) in [6, 6.07) is 5.39. The topological polar surface area (TPSA) is 29.3 Å². The molecule has 0 aliphatic carbocycles. The molecule has 1 aliphatic heterocycles. The molecule has 3 atom stereocenters. The average molecular weight is 318 g/mol. The van der Waals surface area contributed by atoms with Gasteiger partial charge in [-0.05, 0) is 17.7 Å². The molecule has 2 N–H and O–H groups in total. The van der Waals surface area contributed by atoms with Crippen molar-refractivity contribution in [2.75, 3.05) is 19.6 Å². The summed E-state index contributed by atoms with van der Waals surface area (Å²) in [4.78, 5) is 2.21. The largest absolute Gasteiger partial charge is 0.416 e. The molecule has 3 unspecified atom stereocenters. The summed E-state index contributed by atoms with van der Waals surface area (Å²) in [5.74, 6) is 0. The molecule has 1 saturated heterocycles. The van der Waals surface area contributed by atoms with Crippen LogP contribution >= 0.6 is 11.8 Å². The van der Waals surface area contributed by atoms with Gasteiger partial charge in [0.15, 0.2) is 0 Å². The molecule has 0 saturated carbocycles. The zero-order valence-corrected chi connectivity index (χ0v) is 13.0. The molecule has 6 heteroatoms. The highest BCUT2D eigenvalue weighted by Gasteiger charge is 2.32. The number of thioether (sulfide) groups is 1. The van der Waals surface area contributed by atoms with Crippen LogP contribution in [-0.2, 0) is 6.18 Å². The fourth-order valence-corrected chi connectivity index (χ4v) is 4.24. The lowest BCUT2D eigenvalue weighted by Gasteiger charge is -2.39. The third-order valence-corrected chi connectivity index (χ3v) is 4.94. The molecule has 0 spiro atoms. The number of alkyl halides is 3. The maximum atomic E-state index is 12.9. The molecule has 1 fully saturated rings. The van der Waals surface area contributed by atoms with Crippen molar-refractivity contribution < 1.29 is 13.2 Å². The van der Waals surface area contributed by atoms with Gasteiger partial charge in [0.25, 0.3) is 0 Å². The summed E-state index contributed by atoms with van der Waals surface area (Å²) >= 11 is 1.91. The molecule has 0 radical (unpaired) electrons. The van der Waals surface area contributed by atoms with Gasteiger partial charge in [-0.2, -0.15) is 24.9 Å². The Hall–Kier alpha value is -0.720. The Morgan fingerprint density at radius 2 is 1.90 bits per heavy atom. The predicted molar refractivity (Wildman–Crippen MR) is 81.3 cm³/mol. The van der Waals surface area contributed by atoms with Crippen LogP contribution in [0.25, 0.3) is 0 Å². The monoisotopic (exact) mass is 318 g/mol. The van der Waals surface area contributed by atoms with Crippen LogP contribution in [0.1, 0.15) is 31.0 Å². The summed E-state index contributed by atoms with van der Waals surface area (Å²) in [6.45, 7) is 6.33. The van der Waals surface area contributed by atoms with Gasteiger partial charge in [-0.25, -0.2) is 0 Å². The minimum Gasteiger partial charge on any atom is -0.329 e. The SMILES string of the molecule is CC1CN(C(CN)c2cccc(C(F)(F)F)c2)CC(C)S1. The summed E-state index contributed by atoms with van der Waals surface area (Å²) in [5, 5.41) is 0.933. The van der Waals surface area contributed by atoms with Crippen molar-refractivity contribution >= 4 is 11.8 Å². The van der Waals surface area contributed by atoms with Gasteiger partial charge in [0.1, 0.15) is 0 Å². The number of hydrogen-bond donors (Lipinski definition) is 1. The molecule has 0 amide bonds. The van der Waals surface area contributed by atoms with Gasteiger partial charge in [-0.15, -0.1) is 0 Å². The Balaban J connectivity index is 2.25. The zero-order chi connectivity index (χ0) is 15.6. The van der Waals surface area contributed by atoms with Gasteiger partial charge in [0, 0.05) is 36.2 Å². The summed E-state index contributed by atoms with van der Waals surface area (Å²) in [6.07, 6.45) is -4.31. The van der Waals surface area contributed by atoms with Crippen LogP contribution in [0.15, 0.2) is 24.3 Å². The lowest BCUT2D eigenvalue weighted by atomic mass is 10.0. The highest BCUT2D eigenvalue weighted by molar-refractivity contribution is 8.00. The van der Waals surface area contributed by atoms with Gasteiger partial charge in [-0.3, -0.25) is 4.90 Å². The highest BCUT2D eigenvalue weighted by atomic mass is 32.2. The van der Waals surface area contributed by atoms with Crippen LogP contribution < -0.4 is 5.73 Å². The number of rotatable bonds is 3. The van der Waals surface area contributed by atoms with E-state index in [-0.39, 0.29) is 6.04 Å². The van der Waals surface area contributed by atoms with Gasteiger partial charge in [0.2, 0.25) is 0 Å². The smallest absolute Gasteiger partial charge is 0.329 e. The first-order chi connectivity index (χ1) is 9.81. The molecule has 1 aromatic carbocycles. The first kappa shape index (κ1) is 16.6. The Bertz CT molecular complexity index is 468. The van der Waals surface area contributed by atoms with Crippen molar-refractivity contribution in [3.05, 3.63) is 35.4 Å². The van der Waals surface area contributed by atoms with Crippen LogP contribution in [-0.4, -0.2) is 35.0 Å². The molecule has 0 aromatic heterocycles. The molecule has 0 bridgehead atoms. The fraction of sp³-hybridized carbons (Fsp3) is 0.600. The van der Waals surface area contributed by atoms with Crippen molar-refractivity contribution in [3.8, 4) is 0 Å². The van der Waals surface area contributed by atoms with Crippen molar-refractivity contribution in [2.45, 2.75) is 36.6 Å². The van der Waals surface area contributed by atoms with Crippen LogP contribution in [0.4, 0.5) is 13.2 Å². The Morgan fingerprint density at radius 3 is 2.43 bits per heavy atom. The molecule has 21 heavy (non-hydrogen) atoms. The molecule has 2 nitrogen and oxygen atoms in total. The number of nitrogens with zero attached hydrogens (tertiary/aromatic N) is 1. The minimum atomic E-state index is -4.31. The summed E-state index contributed by atoms with van der Waals surface area (Å²) in [5.41, 5.74) is 5.90. The lowest BCUT2D eigenvalue weighted by Crippen LogP contribution is -2.44. The van der Waals surface area contributed by atoms with Crippen LogP contribution in [0.2, 0.25) is 0 Å². The number of hydrogen-bond acceptors (Lipinski definition) is 3. The molecule has 2 rings (SSSR count). The molecular formula is C15H21F3N2S. The number of benzene rings is 1. The van der Waals surface area contributed by atoms with Crippen molar-refractivity contribution in [3.63, 3.8) is 0 Å². The first-order valence-electron chi connectivity index (χ1n) is 7.08. The Labute approximate surface area is 127 Å². The molecule has 1 aromatic rings. The zero-order valence-electron chi connectivity index (χ0n) is 12.2. The van der Waals surface area contributed by atoms with E-state index in [4.69, 9.17) is 5.73 Å². The van der Waals surface area contributed by atoms with Crippen LogP contribution in [0.5, 0.6) is 0 Å². The van der Waals surface area contributed by atoms with Crippen molar-refractivity contribution in [2.24, 2.45) is 5.73 Å². The first-order valence-corrected chi connectivity index (χ1v) is 8.02. The van der Waals surface area contributed by atoms with E-state index in [1.54, 1.807) is 6.07 Å². The second kappa shape index (κ2) is 6.58. The third-order valence-electron chi connectivity index (χ3n) is 3.71. The van der Waals surface area contributed by atoms with Gasteiger partial charge in [0.05, 0.1) is 5.56 Å². The van der Waals surface area contributed by atoms with Gasteiger partial charge in [-0.1, -0.05) is 26.0 Å². The standard InChI is InChI=1S/C15H21F3N2S/c1-10-8-20(9-11(2)21-10)14(7-19)12-4-3-5-13(6-12)15(16,17)18/h3-6,10-11,14H,7-9,19H2,1-2H3. The normalized spacial score (nSPS) is 25.8. The summed E-state index contributed by atoms with van der Waals surface area (Å²) in [7, 11) is 0. The lowest BCUT2D eigenvalue weighted by molar-refractivity contribution is -0.137. The van der Waals surface area contributed by atoms with Crippen LogP contribution in [0.3, 0.4) is 0 Å². The predicted octanol–water partition coefficient (Wildman–Crippen LogP) is 3.53. The molecular weight excluding hydrogens is 297 g/mol. The summed E-state index contributed by atoms with van der Waals surface area (Å²) < 4.78 is 38.6. The molecule has 1 aliphatic rings. The minimum absolute atomic E-state index is 0.155. The second-order valence-electron chi connectivity index (χ2n) is 5.59. The van der Waals surface area contributed by atoms with E-state index >= 15 is 0 Å². The van der Waals surface area contributed by atoms with E-state index < -0.39 is 11.7 Å². The average Bonchev–Trinajstić information content (AvgIpc) is 2.38. The molecule has 1 heterocycles.